The Morgan fingerprint density at radius 3 is 2.63 bits per heavy atom. The van der Waals surface area contributed by atoms with E-state index in [1.807, 2.05) is 12.1 Å². The highest BCUT2D eigenvalue weighted by Gasteiger charge is 2.34. The molecule has 0 aromatic heterocycles. The van der Waals surface area contributed by atoms with Gasteiger partial charge in [0, 0.05) is 44.5 Å². The summed E-state index contributed by atoms with van der Waals surface area (Å²) in [5.74, 6) is 0.609. The van der Waals surface area contributed by atoms with E-state index in [4.69, 9.17) is 0 Å². The minimum atomic E-state index is -4.46. The largest absolute Gasteiger partial charge is 0.416 e. The maximum atomic E-state index is 13.5. The van der Waals surface area contributed by atoms with Gasteiger partial charge in [-0.25, -0.2) is 0 Å². The van der Waals surface area contributed by atoms with Gasteiger partial charge in [0.2, 0.25) is 5.91 Å². The van der Waals surface area contributed by atoms with E-state index >= 15 is 0 Å². The highest BCUT2D eigenvalue weighted by molar-refractivity contribution is 5.81. The van der Waals surface area contributed by atoms with E-state index in [9.17, 15) is 18.0 Å². The minimum absolute atomic E-state index is 0.0362. The maximum absolute atomic E-state index is 13.5. The molecule has 1 aliphatic heterocycles. The smallest absolute Gasteiger partial charge is 0.376 e. The molecule has 1 amide bonds. The second kappa shape index (κ2) is 11.0. The van der Waals surface area contributed by atoms with Crippen LogP contribution in [0.2, 0.25) is 0 Å². The normalized spacial score (nSPS) is 18.3. The van der Waals surface area contributed by atoms with Gasteiger partial charge in [-0.3, -0.25) is 9.69 Å². The number of alkyl halides is 3. The van der Waals surface area contributed by atoms with Crippen LogP contribution in [-0.2, 0) is 23.9 Å². The van der Waals surface area contributed by atoms with Gasteiger partial charge in [0.25, 0.3) is 0 Å². The van der Waals surface area contributed by atoms with E-state index in [0.29, 0.717) is 19.1 Å². The van der Waals surface area contributed by atoms with Gasteiger partial charge in [0.15, 0.2) is 0 Å². The number of halogens is 3. The summed E-state index contributed by atoms with van der Waals surface area (Å²) in [6.07, 6.45) is -0.875. The summed E-state index contributed by atoms with van der Waals surface area (Å²) in [6.45, 7) is 5.16. The summed E-state index contributed by atoms with van der Waals surface area (Å²) in [7, 11) is 1.76. The molecule has 0 radical (unpaired) electrons. The van der Waals surface area contributed by atoms with Gasteiger partial charge in [-0.15, -0.1) is 0 Å². The molecule has 2 aromatic carbocycles. The fourth-order valence-corrected chi connectivity index (χ4v) is 4.93. The van der Waals surface area contributed by atoms with Gasteiger partial charge in [0.1, 0.15) is 0 Å². The summed E-state index contributed by atoms with van der Waals surface area (Å²) >= 11 is 0. The van der Waals surface area contributed by atoms with E-state index in [0.717, 1.165) is 37.2 Å². The third-order valence-corrected chi connectivity index (χ3v) is 7.15. The summed E-state index contributed by atoms with van der Waals surface area (Å²) in [4.78, 5) is 17.2. The molecular formula is C27H35F3N4O. The van der Waals surface area contributed by atoms with Crippen molar-refractivity contribution in [1.82, 2.24) is 15.1 Å². The zero-order valence-electron chi connectivity index (χ0n) is 20.5. The standard InChI is InChI=1S/C27H35F3N4O/c1-19-22-7-5-9-25(23(22)12-14-33(19)17-20-10-11-20)32-16-26(35)34(15-13-31-2)18-21-6-3-4-8-24(21)27(28,29)30/h3-9,19-20,31-32H,10-18H2,1-2H3. The molecule has 1 aliphatic carbocycles. The Morgan fingerprint density at radius 1 is 1.14 bits per heavy atom. The zero-order valence-corrected chi connectivity index (χ0v) is 20.5. The molecule has 0 spiro atoms. The van der Waals surface area contributed by atoms with Crippen molar-refractivity contribution in [1.29, 1.82) is 0 Å². The highest BCUT2D eigenvalue weighted by atomic mass is 19.4. The Balaban J connectivity index is 1.45. The third-order valence-electron chi connectivity index (χ3n) is 7.15. The summed E-state index contributed by atoms with van der Waals surface area (Å²) < 4.78 is 40.4. The van der Waals surface area contributed by atoms with Gasteiger partial charge in [0.05, 0.1) is 12.1 Å². The molecule has 1 atom stereocenters. The van der Waals surface area contributed by atoms with E-state index in [-0.39, 0.29) is 24.6 Å². The quantitative estimate of drug-likeness (QED) is 0.509. The number of amides is 1. The first-order valence-electron chi connectivity index (χ1n) is 12.4. The third kappa shape index (κ3) is 6.35. The number of carbonyl (C=O) groups is 1. The number of anilines is 1. The fraction of sp³-hybridized carbons (Fsp3) is 0.519. The van der Waals surface area contributed by atoms with Crippen LogP contribution in [0.5, 0.6) is 0 Å². The Hall–Kier alpha value is -2.58. The van der Waals surface area contributed by atoms with Crippen LogP contribution in [0.3, 0.4) is 0 Å². The van der Waals surface area contributed by atoms with Crippen molar-refractivity contribution in [3.63, 3.8) is 0 Å². The summed E-state index contributed by atoms with van der Waals surface area (Å²) in [6, 6.07) is 12.0. The topological polar surface area (TPSA) is 47.6 Å². The molecule has 1 fully saturated rings. The minimum Gasteiger partial charge on any atom is -0.376 e. The molecule has 0 bridgehead atoms. The second-order valence-electron chi connectivity index (χ2n) is 9.66. The first-order chi connectivity index (χ1) is 16.8. The molecule has 1 heterocycles. The van der Waals surface area contributed by atoms with Gasteiger partial charge < -0.3 is 15.5 Å². The average molecular weight is 489 g/mol. The molecule has 2 N–H and O–H groups in total. The van der Waals surface area contributed by atoms with Crippen molar-refractivity contribution >= 4 is 11.6 Å². The van der Waals surface area contributed by atoms with Crippen LogP contribution >= 0.6 is 0 Å². The zero-order chi connectivity index (χ0) is 25.0. The van der Waals surface area contributed by atoms with Crippen LogP contribution in [0, 0.1) is 5.92 Å². The second-order valence-corrected chi connectivity index (χ2v) is 9.66. The van der Waals surface area contributed by atoms with Crippen molar-refractivity contribution in [3.8, 4) is 0 Å². The van der Waals surface area contributed by atoms with Crippen LogP contribution < -0.4 is 10.6 Å². The molecule has 5 nitrogen and oxygen atoms in total. The molecule has 2 aromatic rings. The highest BCUT2D eigenvalue weighted by Crippen LogP contribution is 2.38. The molecule has 190 valence electrons. The maximum Gasteiger partial charge on any atom is 0.416 e. The Labute approximate surface area is 205 Å². The Morgan fingerprint density at radius 2 is 1.91 bits per heavy atom. The predicted molar refractivity (Wildman–Crippen MR) is 132 cm³/mol. The van der Waals surface area contributed by atoms with Crippen molar-refractivity contribution in [3.05, 3.63) is 64.7 Å². The van der Waals surface area contributed by atoms with E-state index in [2.05, 4.69) is 28.5 Å². The number of fused-ring (bicyclic) bond motifs is 1. The monoisotopic (exact) mass is 488 g/mol. The summed E-state index contributed by atoms with van der Waals surface area (Å²) in [5.41, 5.74) is 2.88. The SMILES string of the molecule is CNCCN(Cc1ccccc1C(F)(F)F)C(=O)CNc1cccc2c1CCN(CC1CC1)C2C. The first-order valence-corrected chi connectivity index (χ1v) is 12.4. The molecule has 35 heavy (non-hydrogen) atoms. The lowest BCUT2D eigenvalue weighted by molar-refractivity contribution is -0.139. The number of likely N-dealkylation sites (N-methyl/N-ethyl adjacent to an activating group) is 1. The molecular weight excluding hydrogens is 453 g/mol. The molecule has 1 saturated carbocycles. The number of nitrogens with zero attached hydrogens (tertiary/aromatic N) is 2. The van der Waals surface area contributed by atoms with Crippen LogP contribution in [0.4, 0.5) is 18.9 Å². The van der Waals surface area contributed by atoms with Crippen LogP contribution in [0.15, 0.2) is 42.5 Å². The summed E-state index contributed by atoms with van der Waals surface area (Å²) in [5, 5.41) is 6.28. The van der Waals surface area contributed by atoms with Crippen molar-refractivity contribution in [2.45, 2.75) is 44.9 Å². The Kier molecular flexibility index (Phi) is 8.02. The Bertz CT molecular complexity index is 1020. The van der Waals surface area contributed by atoms with Crippen LogP contribution in [0.25, 0.3) is 0 Å². The number of hydrogen-bond acceptors (Lipinski definition) is 4. The number of nitrogens with one attached hydrogen (secondary N) is 2. The lowest BCUT2D eigenvalue weighted by atomic mass is 9.92. The van der Waals surface area contributed by atoms with E-state index in [1.165, 1.54) is 41.0 Å². The van der Waals surface area contributed by atoms with Crippen LogP contribution in [0.1, 0.15) is 48.1 Å². The number of rotatable bonds is 10. The number of benzene rings is 2. The van der Waals surface area contributed by atoms with Crippen molar-refractivity contribution < 1.29 is 18.0 Å². The molecule has 4 rings (SSSR count). The van der Waals surface area contributed by atoms with Crippen LogP contribution in [-0.4, -0.2) is 55.5 Å². The number of carbonyl (C=O) groups excluding carboxylic acids is 1. The predicted octanol–water partition coefficient (Wildman–Crippen LogP) is 4.69. The van der Waals surface area contributed by atoms with E-state index < -0.39 is 11.7 Å². The molecule has 1 unspecified atom stereocenters. The van der Waals surface area contributed by atoms with Crippen molar-refractivity contribution in [2.75, 3.05) is 45.1 Å². The fourth-order valence-electron chi connectivity index (χ4n) is 4.93. The van der Waals surface area contributed by atoms with Gasteiger partial charge in [-0.05, 0) is 68.0 Å². The van der Waals surface area contributed by atoms with Gasteiger partial charge in [-0.1, -0.05) is 30.3 Å². The van der Waals surface area contributed by atoms with E-state index in [1.54, 1.807) is 13.1 Å². The first kappa shape index (κ1) is 25.5. The number of hydrogen-bond donors (Lipinski definition) is 2. The lowest BCUT2D eigenvalue weighted by Crippen LogP contribution is -2.40. The van der Waals surface area contributed by atoms with Gasteiger partial charge >= 0.3 is 6.18 Å². The van der Waals surface area contributed by atoms with Gasteiger partial charge in [-0.2, -0.15) is 13.2 Å². The van der Waals surface area contributed by atoms with Crippen molar-refractivity contribution in [2.24, 2.45) is 5.92 Å². The molecule has 2 aliphatic rings. The molecule has 8 heteroatoms. The average Bonchev–Trinajstić information content (AvgIpc) is 3.66. The lowest BCUT2D eigenvalue weighted by Gasteiger charge is -2.36. The molecule has 0 saturated heterocycles.